The fourth-order valence-corrected chi connectivity index (χ4v) is 1.61. The van der Waals surface area contributed by atoms with Crippen LogP contribution in [0.15, 0.2) is 4.99 Å². The first kappa shape index (κ1) is 17.7. The van der Waals surface area contributed by atoms with Crippen LogP contribution in [-0.2, 0) is 4.79 Å². The van der Waals surface area contributed by atoms with Crippen molar-refractivity contribution < 1.29 is 4.79 Å². The Balaban J connectivity index is 3.79. The molecular weight excluding hydrogens is 240 g/mol. The number of nitrogens with one attached hydrogen (secondary N) is 3. The largest absolute Gasteiger partial charge is 0.356 e. The van der Waals surface area contributed by atoms with Gasteiger partial charge in [0, 0.05) is 19.1 Å². The first-order valence-corrected chi connectivity index (χ1v) is 7.14. The molecule has 0 aliphatic rings. The normalized spacial score (nSPS) is 12.2. The molecule has 0 heterocycles. The summed E-state index contributed by atoms with van der Waals surface area (Å²) in [5, 5.41) is 9.11. The molecule has 0 spiro atoms. The van der Waals surface area contributed by atoms with Crippen molar-refractivity contribution in [1.82, 2.24) is 16.0 Å². The van der Waals surface area contributed by atoms with Crippen molar-refractivity contribution in [2.24, 2.45) is 4.99 Å². The van der Waals surface area contributed by atoms with Gasteiger partial charge in [-0.25, -0.2) is 0 Å². The first-order valence-electron chi connectivity index (χ1n) is 7.14. The Kier molecular flexibility index (Phi) is 9.00. The SMILES string of the molecule is CCCCCCNC(=NC)NCC(=O)NC(C)(C)C. The summed E-state index contributed by atoms with van der Waals surface area (Å²) in [5.41, 5.74) is -0.199. The molecule has 0 saturated carbocycles. The van der Waals surface area contributed by atoms with E-state index in [0.29, 0.717) is 5.96 Å². The third-order valence-electron chi connectivity index (χ3n) is 2.48. The van der Waals surface area contributed by atoms with E-state index in [4.69, 9.17) is 0 Å². The predicted molar refractivity (Wildman–Crippen MR) is 81.4 cm³/mol. The van der Waals surface area contributed by atoms with Gasteiger partial charge in [0.05, 0.1) is 6.54 Å². The van der Waals surface area contributed by atoms with Crippen LogP contribution in [0.1, 0.15) is 53.4 Å². The predicted octanol–water partition coefficient (Wildman–Crippen LogP) is 1.65. The topological polar surface area (TPSA) is 65.5 Å². The van der Waals surface area contributed by atoms with Gasteiger partial charge in [-0.15, -0.1) is 0 Å². The molecule has 0 aromatic rings. The number of carbonyl (C=O) groups excluding carboxylic acids is 1. The summed E-state index contributed by atoms with van der Waals surface area (Å²) in [7, 11) is 1.71. The van der Waals surface area contributed by atoms with E-state index in [9.17, 15) is 4.79 Å². The Hall–Kier alpha value is -1.26. The zero-order chi connectivity index (χ0) is 14.7. The molecule has 0 aromatic heterocycles. The molecule has 0 radical (unpaired) electrons. The summed E-state index contributed by atoms with van der Waals surface area (Å²) in [6.45, 7) is 9.22. The fourth-order valence-electron chi connectivity index (χ4n) is 1.61. The highest BCUT2D eigenvalue weighted by molar-refractivity contribution is 5.86. The van der Waals surface area contributed by atoms with Crippen LogP contribution in [0.2, 0.25) is 0 Å². The third-order valence-corrected chi connectivity index (χ3v) is 2.48. The molecule has 112 valence electrons. The van der Waals surface area contributed by atoms with Crippen LogP contribution in [0, 0.1) is 0 Å². The highest BCUT2D eigenvalue weighted by Gasteiger charge is 2.13. The van der Waals surface area contributed by atoms with Crippen LogP contribution in [-0.4, -0.2) is 37.5 Å². The van der Waals surface area contributed by atoms with E-state index < -0.39 is 0 Å². The number of aliphatic imine (C=N–C) groups is 1. The number of unbranched alkanes of at least 4 members (excludes halogenated alkanes) is 3. The van der Waals surface area contributed by atoms with E-state index in [1.54, 1.807) is 7.05 Å². The molecule has 5 nitrogen and oxygen atoms in total. The smallest absolute Gasteiger partial charge is 0.239 e. The summed E-state index contributed by atoms with van der Waals surface area (Å²) in [4.78, 5) is 15.7. The molecule has 0 aliphatic heterocycles. The van der Waals surface area contributed by atoms with Gasteiger partial charge in [0.25, 0.3) is 0 Å². The second-order valence-electron chi connectivity index (χ2n) is 5.71. The van der Waals surface area contributed by atoms with Crippen molar-refractivity contribution in [2.45, 2.75) is 58.9 Å². The van der Waals surface area contributed by atoms with E-state index in [-0.39, 0.29) is 18.0 Å². The van der Waals surface area contributed by atoms with Gasteiger partial charge < -0.3 is 16.0 Å². The standard InChI is InChI=1S/C14H30N4O/c1-6-7-8-9-10-16-13(15-5)17-11-12(19)18-14(2,3)4/h6-11H2,1-5H3,(H,18,19)(H2,15,16,17). The van der Waals surface area contributed by atoms with E-state index in [1.165, 1.54) is 19.3 Å². The lowest BCUT2D eigenvalue weighted by atomic mass is 10.1. The van der Waals surface area contributed by atoms with Crippen LogP contribution >= 0.6 is 0 Å². The Morgan fingerprint density at radius 3 is 2.32 bits per heavy atom. The average Bonchev–Trinajstić information content (AvgIpc) is 2.30. The second-order valence-corrected chi connectivity index (χ2v) is 5.71. The van der Waals surface area contributed by atoms with E-state index in [2.05, 4.69) is 27.9 Å². The minimum atomic E-state index is -0.199. The van der Waals surface area contributed by atoms with Crippen LogP contribution < -0.4 is 16.0 Å². The van der Waals surface area contributed by atoms with Gasteiger partial charge >= 0.3 is 0 Å². The number of nitrogens with zero attached hydrogens (tertiary/aromatic N) is 1. The molecule has 5 heteroatoms. The van der Waals surface area contributed by atoms with E-state index in [0.717, 1.165) is 13.0 Å². The first-order chi connectivity index (χ1) is 8.89. The van der Waals surface area contributed by atoms with Gasteiger partial charge in [0.2, 0.25) is 5.91 Å². The highest BCUT2D eigenvalue weighted by atomic mass is 16.2. The summed E-state index contributed by atoms with van der Waals surface area (Å²) in [5.74, 6) is 0.655. The van der Waals surface area contributed by atoms with Gasteiger partial charge in [-0.3, -0.25) is 9.79 Å². The Morgan fingerprint density at radius 2 is 1.79 bits per heavy atom. The molecule has 0 aliphatic carbocycles. The third kappa shape index (κ3) is 11.6. The Labute approximate surface area is 117 Å². The number of carbonyl (C=O) groups is 1. The lowest BCUT2D eigenvalue weighted by molar-refractivity contribution is -0.121. The maximum absolute atomic E-state index is 11.6. The molecule has 0 aromatic carbocycles. The maximum Gasteiger partial charge on any atom is 0.239 e. The van der Waals surface area contributed by atoms with Crippen LogP contribution in [0.3, 0.4) is 0 Å². The molecule has 1 amide bonds. The van der Waals surface area contributed by atoms with Gasteiger partial charge in [0.15, 0.2) is 5.96 Å². The second kappa shape index (κ2) is 9.64. The molecular formula is C14H30N4O. The Bertz CT molecular complexity index is 282. The minimum absolute atomic E-state index is 0.0265. The minimum Gasteiger partial charge on any atom is -0.356 e. The number of rotatable bonds is 7. The van der Waals surface area contributed by atoms with E-state index in [1.807, 2.05) is 20.8 Å². The van der Waals surface area contributed by atoms with Crippen molar-refractivity contribution >= 4 is 11.9 Å². The number of amides is 1. The molecule has 0 fully saturated rings. The van der Waals surface area contributed by atoms with Gasteiger partial charge in [-0.05, 0) is 27.2 Å². The van der Waals surface area contributed by atoms with Crippen molar-refractivity contribution in [2.75, 3.05) is 20.1 Å². The summed E-state index contributed by atoms with van der Waals surface area (Å²) in [6.07, 6.45) is 4.86. The summed E-state index contributed by atoms with van der Waals surface area (Å²) >= 11 is 0. The molecule has 19 heavy (non-hydrogen) atoms. The van der Waals surface area contributed by atoms with Crippen molar-refractivity contribution in [1.29, 1.82) is 0 Å². The zero-order valence-corrected chi connectivity index (χ0v) is 13.1. The fraction of sp³-hybridized carbons (Fsp3) is 0.857. The van der Waals surface area contributed by atoms with E-state index >= 15 is 0 Å². The maximum atomic E-state index is 11.6. The lowest BCUT2D eigenvalue weighted by Gasteiger charge is -2.21. The number of hydrogen-bond acceptors (Lipinski definition) is 2. The molecule has 0 saturated heterocycles. The summed E-state index contributed by atoms with van der Waals surface area (Å²) in [6, 6.07) is 0. The van der Waals surface area contributed by atoms with Gasteiger partial charge in [-0.2, -0.15) is 0 Å². The van der Waals surface area contributed by atoms with Crippen LogP contribution in [0.5, 0.6) is 0 Å². The number of hydrogen-bond donors (Lipinski definition) is 3. The molecule has 3 N–H and O–H groups in total. The summed E-state index contributed by atoms with van der Waals surface area (Å²) < 4.78 is 0. The Morgan fingerprint density at radius 1 is 1.11 bits per heavy atom. The zero-order valence-electron chi connectivity index (χ0n) is 13.1. The van der Waals surface area contributed by atoms with Gasteiger partial charge in [-0.1, -0.05) is 26.2 Å². The highest BCUT2D eigenvalue weighted by Crippen LogP contribution is 1.97. The van der Waals surface area contributed by atoms with Crippen molar-refractivity contribution in [3.8, 4) is 0 Å². The number of guanidine groups is 1. The molecule has 0 atom stereocenters. The molecule has 0 rings (SSSR count). The molecule has 0 unspecified atom stereocenters. The average molecular weight is 270 g/mol. The van der Waals surface area contributed by atoms with Crippen LogP contribution in [0.25, 0.3) is 0 Å². The van der Waals surface area contributed by atoms with Crippen molar-refractivity contribution in [3.63, 3.8) is 0 Å². The molecule has 0 bridgehead atoms. The van der Waals surface area contributed by atoms with Crippen LogP contribution in [0.4, 0.5) is 0 Å². The van der Waals surface area contributed by atoms with Crippen molar-refractivity contribution in [3.05, 3.63) is 0 Å². The monoisotopic (exact) mass is 270 g/mol. The van der Waals surface area contributed by atoms with Gasteiger partial charge in [0.1, 0.15) is 0 Å². The lowest BCUT2D eigenvalue weighted by Crippen LogP contribution is -2.48. The quantitative estimate of drug-likeness (QED) is 0.374.